The number of nitrogens with zero attached hydrogens (tertiary/aromatic N) is 1. The van der Waals surface area contributed by atoms with E-state index in [1.54, 1.807) is 0 Å². The maximum absolute atomic E-state index is 12.3. The molecule has 0 aliphatic carbocycles. The van der Waals surface area contributed by atoms with Crippen LogP contribution in [0, 0.1) is 5.92 Å². The molecule has 2 aliphatic heterocycles. The molecule has 2 N–H and O–H groups in total. The maximum atomic E-state index is 12.3. The topological polar surface area (TPSA) is 86.7 Å². The molecule has 1 atom stereocenters. The summed E-state index contributed by atoms with van der Waals surface area (Å²) in [5.41, 5.74) is 0. The van der Waals surface area contributed by atoms with Crippen molar-refractivity contribution in [3.05, 3.63) is 0 Å². The van der Waals surface area contributed by atoms with Crippen LogP contribution in [0.3, 0.4) is 0 Å². The molecule has 0 saturated carbocycles. The Labute approximate surface area is 127 Å². The monoisotopic (exact) mass is 316 g/mol. The van der Waals surface area contributed by atoms with Gasteiger partial charge in [0, 0.05) is 47.9 Å². The summed E-state index contributed by atoms with van der Waals surface area (Å²) in [4.78, 5) is 24.7. The number of carboxylic acids is 1. The average molecular weight is 316 g/mol. The Morgan fingerprint density at radius 2 is 1.95 bits per heavy atom. The van der Waals surface area contributed by atoms with E-state index in [4.69, 9.17) is 5.11 Å². The third-order valence-corrected chi connectivity index (χ3v) is 5.67. The Morgan fingerprint density at radius 1 is 1.24 bits per heavy atom. The van der Waals surface area contributed by atoms with Gasteiger partial charge in [-0.3, -0.25) is 9.00 Å². The second kappa shape index (κ2) is 7.77. The molecule has 2 rings (SSSR count). The smallest absolute Gasteiger partial charge is 0.317 e. The van der Waals surface area contributed by atoms with Crippen molar-refractivity contribution in [1.82, 2.24) is 10.2 Å². The standard InChI is InChI=1S/C14H24N2O4S/c17-13(18)4-3-11-2-1-7-16(10-11)14(19)15-12-5-8-21(20)9-6-12/h11-12H,1-10H2,(H,15,19)(H,17,18). The zero-order valence-corrected chi connectivity index (χ0v) is 13.1. The van der Waals surface area contributed by atoms with E-state index in [0.717, 1.165) is 32.2 Å². The van der Waals surface area contributed by atoms with Gasteiger partial charge >= 0.3 is 12.0 Å². The summed E-state index contributed by atoms with van der Waals surface area (Å²) in [6.45, 7) is 1.39. The van der Waals surface area contributed by atoms with Gasteiger partial charge < -0.3 is 15.3 Å². The first kappa shape index (κ1) is 16.3. The molecular formula is C14H24N2O4S. The van der Waals surface area contributed by atoms with Gasteiger partial charge in [0.15, 0.2) is 0 Å². The van der Waals surface area contributed by atoms with Crippen LogP contribution in [-0.4, -0.2) is 56.9 Å². The molecule has 0 spiro atoms. The maximum Gasteiger partial charge on any atom is 0.317 e. The fraction of sp³-hybridized carbons (Fsp3) is 0.857. The Morgan fingerprint density at radius 3 is 2.62 bits per heavy atom. The summed E-state index contributed by atoms with van der Waals surface area (Å²) in [6, 6.07) is 0.0855. The number of hydrogen-bond acceptors (Lipinski definition) is 3. The van der Waals surface area contributed by atoms with Crippen molar-refractivity contribution < 1.29 is 18.9 Å². The van der Waals surface area contributed by atoms with Crippen LogP contribution in [0.15, 0.2) is 0 Å². The third-order valence-electron chi connectivity index (χ3n) is 4.29. The molecule has 1 unspecified atom stereocenters. The van der Waals surface area contributed by atoms with Crippen molar-refractivity contribution in [3.63, 3.8) is 0 Å². The highest BCUT2D eigenvalue weighted by molar-refractivity contribution is 7.85. The van der Waals surface area contributed by atoms with Crippen molar-refractivity contribution in [1.29, 1.82) is 0 Å². The minimum Gasteiger partial charge on any atom is -0.481 e. The molecule has 2 heterocycles. The number of piperidine rings is 1. The van der Waals surface area contributed by atoms with Crippen molar-refractivity contribution in [3.8, 4) is 0 Å². The number of carbonyl (C=O) groups excluding carboxylic acids is 1. The first-order valence-electron chi connectivity index (χ1n) is 7.67. The second-order valence-corrected chi connectivity index (χ2v) is 7.65. The van der Waals surface area contributed by atoms with E-state index >= 15 is 0 Å². The molecule has 0 aromatic heterocycles. The number of nitrogens with one attached hydrogen (secondary N) is 1. The lowest BCUT2D eigenvalue weighted by Gasteiger charge is -2.34. The molecule has 7 heteroatoms. The summed E-state index contributed by atoms with van der Waals surface area (Å²) >= 11 is 0. The lowest BCUT2D eigenvalue weighted by atomic mass is 9.93. The lowest BCUT2D eigenvalue weighted by molar-refractivity contribution is -0.137. The molecule has 120 valence electrons. The zero-order chi connectivity index (χ0) is 15.2. The number of rotatable bonds is 4. The van der Waals surface area contributed by atoms with Crippen LogP contribution in [0.4, 0.5) is 4.79 Å². The van der Waals surface area contributed by atoms with E-state index in [1.165, 1.54) is 0 Å². The molecule has 0 radical (unpaired) electrons. The Bertz CT molecular complexity index is 406. The van der Waals surface area contributed by atoms with Gasteiger partial charge in [0.05, 0.1) is 0 Å². The molecule has 6 nitrogen and oxygen atoms in total. The van der Waals surface area contributed by atoms with Gasteiger partial charge in [0.1, 0.15) is 0 Å². The molecule has 2 aliphatic rings. The number of hydrogen-bond donors (Lipinski definition) is 2. The van der Waals surface area contributed by atoms with Crippen molar-refractivity contribution >= 4 is 22.8 Å². The summed E-state index contributed by atoms with van der Waals surface area (Å²) in [7, 11) is -0.714. The number of urea groups is 1. The molecule has 0 aromatic rings. The van der Waals surface area contributed by atoms with Crippen LogP contribution in [-0.2, 0) is 15.6 Å². The van der Waals surface area contributed by atoms with E-state index in [0.29, 0.717) is 30.4 Å². The van der Waals surface area contributed by atoms with E-state index in [2.05, 4.69) is 5.32 Å². The molecule has 0 bridgehead atoms. The Balaban J connectivity index is 1.76. The van der Waals surface area contributed by atoms with Crippen molar-refractivity contribution in [2.45, 2.75) is 44.6 Å². The van der Waals surface area contributed by atoms with Gasteiger partial charge in [-0.15, -0.1) is 0 Å². The van der Waals surface area contributed by atoms with Crippen LogP contribution in [0.25, 0.3) is 0 Å². The summed E-state index contributed by atoms with van der Waals surface area (Å²) in [6.07, 6.45) is 4.32. The highest BCUT2D eigenvalue weighted by Crippen LogP contribution is 2.21. The predicted octanol–water partition coefficient (Wildman–Crippen LogP) is 1.18. The minimum absolute atomic E-state index is 0.0484. The van der Waals surface area contributed by atoms with Crippen LogP contribution in [0.5, 0.6) is 0 Å². The minimum atomic E-state index is -0.771. The third kappa shape index (κ3) is 5.30. The number of carbonyl (C=O) groups is 2. The van der Waals surface area contributed by atoms with Gasteiger partial charge in [-0.25, -0.2) is 4.79 Å². The highest BCUT2D eigenvalue weighted by Gasteiger charge is 2.26. The van der Waals surface area contributed by atoms with Crippen LogP contribution >= 0.6 is 0 Å². The molecule has 21 heavy (non-hydrogen) atoms. The summed E-state index contributed by atoms with van der Waals surface area (Å²) < 4.78 is 11.3. The highest BCUT2D eigenvalue weighted by atomic mass is 32.2. The fourth-order valence-corrected chi connectivity index (χ4v) is 4.32. The molecule has 2 amide bonds. The first-order valence-corrected chi connectivity index (χ1v) is 9.15. The SMILES string of the molecule is O=C(O)CCC1CCCN(C(=O)NC2CCS(=O)CC2)C1. The van der Waals surface area contributed by atoms with Crippen molar-refractivity contribution in [2.24, 2.45) is 5.92 Å². The van der Waals surface area contributed by atoms with Crippen LogP contribution in [0.2, 0.25) is 0 Å². The average Bonchev–Trinajstić information content (AvgIpc) is 2.48. The molecule has 2 saturated heterocycles. The van der Waals surface area contributed by atoms with Crippen LogP contribution in [0.1, 0.15) is 38.5 Å². The predicted molar refractivity (Wildman–Crippen MR) is 80.6 cm³/mol. The molecular weight excluding hydrogens is 292 g/mol. The lowest BCUT2D eigenvalue weighted by Crippen LogP contribution is -2.50. The fourth-order valence-electron chi connectivity index (χ4n) is 3.02. The van der Waals surface area contributed by atoms with Gasteiger partial charge in [-0.1, -0.05) is 0 Å². The molecule has 0 aromatic carbocycles. The Hall–Kier alpha value is -1.11. The van der Waals surface area contributed by atoms with E-state index < -0.39 is 16.8 Å². The van der Waals surface area contributed by atoms with Gasteiger partial charge in [-0.2, -0.15) is 0 Å². The Kier molecular flexibility index (Phi) is 6.02. The number of likely N-dealkylation sites (tertiary alicyclic amines) is 1. The zero-order valence-electron chi connectivity index (χ0n) is 12.3. The quantitative estimate of drug-likeness (QED) is 0.815. The largest absolute Gasteiger partial charge is 0.481 e. The second-order valence-electron chi connectivity index (χ2n) is 5.96. The van der Waals surface area contributed by atoms with E-state index in [-0.39, 0.29) is 18.5 Å². The number of carboxylic acid groups (broad SMARTS) is 1. The number of amides is 2. The van der Waals surface area contributed by atoms with Gasteiger partial charge in [-0.05, 0) is 38.0 Å². The van der Waals surface area contributed by atoms with Gasteiger partial charge in [0.25, 0.3) is 0 Å². The number of aliphatic carboxylic acids is 1. The normalized spacial score (nSPS) is 29.9. The molecule has 2 fully saturated rings. The van der Waals surface area contributed by atoms with Crippen LogP contribution < -0.4 is 5.32 Å². The van der Waals surface area contributed by atoms with Crippen molar-refractivity contribution in [2.75, 3.05) is 24.6 Å². The first-order chi connectivity index (χ1) is 10.0. The van der Waals surface area contributed by atoms with Gasteiger partial charge in [0.2, 0.25) is 0 Å². The van der Waals surface area contributed by atoms with E-state index in [1.807, 2.05) is 4.90 Å². The summed E-state index contributed by atoms with van der Waals surface area (Å²) in [5, 5.41) is 11.8. The summed E-state index contributed by atoms with van der Waals surface area (Å²) in [5.74, 6) is 0.865. The van der Waals surface area contributed by atoms with E-state index in [9.17, 15) is 13.8 Å².